The lowest BCUT2D eigenvalue weighted by Gasteiger charge is -2.16. The molecule has 0 saturated carbocycles. The number of amides is 1. The van der Waals surface area contributed by atoms with Crippen molar-refractivity contribution in [2.24, 2.45) is 13.0 Å². The summed E-state index contributed by atoms with van der Waals surface area (Å²) in [5.74, 6) is -1.38. The van der Waals surface area contributed by atoms with Crippen molar-refractivity contribution in [2.45, 2.75) is 12.8 Å². The molecular weight excluding hydrogens is 322 g/mol. The van der Waals surface area contributed by atoms with Crippen LogP contribution in [0.5, 0.6) is 5.75 Å². The lowest BCUT2D eigenvalue weighted by Crippen LogP contribution is -2.33. The number of benzene rings is 1. The van der Waals surface area contributed by atoms with E-state index in [0.717, 1.165) is 11.3 Å². The summed E-state index contributed by atoms with van der Waals surface area (Å²) in [5, 5.41) is 13.7. The number of hydrogen-bond donors (Lipinski definition) is 1. The highest BCUT2D eigenvalue weighted by Crippen LogP contribution is 2.34. The van der Waals surface area contributed by atoms with Crippen molar-refractivity contribution in [1.29, 1.82) is 0 Å². The summed E-state index contributed by atoms with van der Waals surface area (Å²) < 4.78 is 7.21. The van der Waals surface area contributed by atoms with E-state index in [2.05, 4.69) is 5.10 Å². The van der Waals surface area contributed by atoms with Crippen LogP contribution in [0.15, 0.2) is 36.5 Å². The molecule has 0 aliphatic carbocycles. The summed E-state index contributed by atoms with van der Waals surface area (Å²) in [4.78, 5) is 25.7. The smallest absolute Gasteiger partial charge is 0.308 e. The SMILES string of the molecule is Cc1c([C@H]2CN(C(=O)COc3ccccc3)C[C@@H]2C(=O)O)cnn1C. The predicted molar refractivity (Wildman–Crippen MR) is 90.3 cm³/mol. The van der Waals surface area contributed by atoms with Gasteiger partial charge in [-0.1, -0.05) is 18.2 Å². The van der Waals surface area contributed by atoms with Crippen molar-refractivity contribution in [2.75, 3.05) is 19.7 Å². The summed E-state index contributed by atoms with van der Waals surface area (Å²) in [6.45, 7) is 2.35. The van der Waals surface area contributed by atoms with Crippen molar-refractivity contribution < 1.29 is 19.4 Å². The number of ether oxygens (including phenoxy) is 1. The number of aromatic nitrogens is 2. The number of para-hydroxylation sites is 1. The molecule has 25 heavy (non-hydrogen) atoms. The molecule has 1 saturated heterocycles. The van der Waals surface area contributed by atoms with Gasteiger partial charge in [0.1, 0.15) is 5.75 Å². The van der Waals surface area contributed by atoms with Crippen LogP contribution in [0.1, 0.15) is 17.2 Å². The lowest BCUT2D eigenvalue weighted by molar-refractivity contribution is -0.142. The third-order valence-corrected chi connectivity index (χ3v) is 4.77. The summed E-state index contributed by atoms with van der Waals surface area (Å²) in [7, 11) is 1.82. The first-order chi connectivity index (χ1) is 12.0. The van der Waals surface area contributed by atoms with Crippen LogP contribution in [-0.2, 0) is 16.6 Å². The van der Waals surface area contributed by atoms with E-state index in [1.54, 1.807) is 27.9 Å². The Morgan fingerprint density at radius 2 is 2.00 bits per heavy atom. The number of aryl methyl sites for hydroxylation is 1. The van der Waals surface area contributed by atoms with Gasteiger partial charge in [0.25, 0.3) is 5.91 Å². The van der Waals surface area contributed by atoms with E-state index in [4.69, 9.17) is 4.74 Å². The fraction of sp³-hybridized carbons (Fsp3) is 0.389. The quantitative estimate of drug-likeness (QED) is 0.888. The normalized spacial score (nSPS) is 19.8. The first-order valence-electron chi connectivity index (χ1n) is 8.14. The minimum absolute atomic E-state index is 0.102. The molecule has 0 unspecified atom stereocenters. The molecule has 2 atom stereocenters. The maximum absolute atomic E-state index is 12.4. The molecule has 3 rings (SSSR count). The highest BCUT2D eigenvalue weighted by Gasteiger charge is 2.41. The molecule has 132 valence electrons. The average Bonchev–Trinajstić information content (AvgIpc) is 3.18. The minimum atomic E-state index is -0.896. The van der Waals surface area contributed by atoms with Gasteiger partial charge >= 0.3 is 5.97 Å². The molecule has 2 aromatic rings. The van der Waals surface area contributed by atoms with Crippen LogP contribution in [0, 0.1) is 12.8 Å². The van der Waals surface area contributed by atoms with E-state index in [1.165, 1.54) is 0 Å². The average molecular weight is 343 g/mol. The Morgan fingerprint density at radius 3 is 2.60 bits per heavy atom. The largest absolute Gasteiger partial charge is 0.484 e. The molecule has 1 N–H and O–H groups in total. The van der Waals surface area contributed by atoms with Crippen molar-refractivity contribution in [3.05, 3.63) is 47.8 Å². The molecule has 1 aliphatic rings. The van der Waals surface area contributed by atoms with Crippen LogP contribution in [0.25, 0.3) is 0 Å². The van der Waals surface area contributed by atoms with Crippen molar-refractivity contribution >= 4 is 11.9 Å². The van der Waals surface area contributed by atoms with Crippen molar-refractivity contribution in [1.82, 2.24) is 14.7 Å². The van der Waals surface area contributed by atoms with Crippen LogP contribution in [-0.4, -0.2) is 51.4 Å². The minimum Gasteiger partial charge on any atom is -0.484 e. The first kappa shape index (κ1) is 17.0. The van der Waals surface area contributed by atoms with Gasteiger partial charge in [0.2, 0.25) is 0 Å². The Kier molecular flexibility index (Phi) is 4.74. The Morgan fingerprint density at radius 1 is 1.28 bits per heavy atom. The van der Waals surface area contributed by atoms with Gasteiger partial charge < -0.3 is 14.7 Å². The number of hydrogen-bond acceptors (Lipinski definition) is 4. The summed E-state index contributed by atoms with van der Waals surface area (Å²) >= 11 is 0. The summed E-state index contributed by atoms with van der Waals surface area (Å²) in [6, 6.07) is 9.08. The predicted octanol–water partition coefficient (Wildman–Crippen LogP) is 1.43. The van der Waals surface area contributed by atoms with Gasteiger partial charge in [-0.3, -0.25) is 14.3 Å². The second-order valence-corrected chi connectivity index (χ2v) is 6.26. The third kappa shape index (κ3) is 3.50. The zero-order chi connectivity index (χ0) is 18.0. The van der Waals surface area contributed by atoms with Crippen LogP contribution in [0.2, 0.25) is 0 Å². The highest BCUT2D eigenvalue weighted by molar-refractivity contribution is 5.80. The van der Waals surface area contributed by atoms with Gasteiger partial charge in [-0.05, 0) is 24.6 Å². The number of rotatable bonds is 5. The van der Waals surface area contributed by atoms with E-state index in [0.29, 0.717) is 12.3 Å². The van der Waals surface area contributed by atoms with E-state index in [1.807, 2.05) is 32.2 Å². The molecule has 0 bridgehead atoms. The van der Waals surface area contributed by atoms with E-state index in [9.17, 15) is 14.7 Å². The molecular formula is C18H21N3O4. The molecule has 1 aromatic heterocycles. The standard InChI is InChI=1S/C18H21N3O4/c1-12-14(8-19-20(12)2)15-9-21(10-16(15)18(23)24)17(22)11-25-13-6-4-3-5-7-13/h3-8,15-16H,9-11H2,1-2H3,(H,23,24)/t15-,16+/m1/s1. The van der Waals surface area contributed by atoms with Gasteiger partial charge in [0.05, 0.1) is 12.1 Å². The van der Waals surface area contributed by atoms with Crippen molar-refractivity contribution in [3.63, 3.8) is 0 Å². The van der Waals surface area contributed by atoms with Crippen LogP contribution >= 0.6 is 0 Å². The first-order valence-corrected chi connectivity index (χ1v) is 8.14. The van der Waals surface area contributed by atoms with Crippen LogP contribution in [0.4, 0.5) is 0 Å². The number of carboxylic acid groups (broad SMARTS) is 1. The number of carbonyl (C=O) groups excluding carboxylic acids is 1. The number of carboxylic acids is 1. The lowest BCUT2D eigenvalue weighted by atomic mass is 9.89. The fourth-order valence-electron chi connectivity index (χ4n) is 3.21. The zero-order valence-electron chi connectivity index (χ0n) is 14.3. The van der Waals surface area contributed by atoms with Gasteiger partial charge in [-0.2, -0.15) is 5.10 Å². The van der Waals surface area contributed by atoms with Gasteiger partial charge in [-0.25, -0.2) is 0 Å². The Labute approximate surface area is 145 Å². The summed E-state index contributed by atoms with van der Waals surface area (Å²) in [5.41, 5.74) is 1.81. The van der Waals surface area contributed by atoms with Crippen LogP contribution in [0.3, 0.4) is 0 Å². The Hall–Kier alpha value is -2.83. The van der Waals surface area contributed by atoms with Crippen molar-refractivity contribution in [3.8, 4) is 5.75 Å². The monoisotopic (exact) mass is 343 g/mol. The fourth-order valence-corrected chi connectivity index (χ4v) is 3.21. The van der Waals surface area contributed by atoms with Crippen LogP contribution < -0.4 is 4.74 Å². The molecule has 7 nitrogen and oxygen atoms in total. The number of nitrogens with zero attached hydrogens (tertiary/aromatic N) is 3. The third-order valence-electron chi connectivity index (χ3n) is 4.77. The van der Waals surface area contributed by atoms with E-state index in [-0.39, 0.29) is 25.0 Å². The molecule has 1 aromatic carbocycles. The zero-order valence-corrected chi connectivity index (χ0v) is 14.3. The van der Waals surface area contributed by atoms with E-state index >= 15 is 0 Å². The van der Waals surface area contributed by atoms with Gasteiger partial charge in [0, 0.05) is 31.7 Å². The molecule has 2 heterocycles. The van der Waals surface area contributed by atoms with Gasteiger partial charge in [0.15, 0.2) is 6.61 Å². The second-order valence-electron chi connectivity index (χ2n) is 6.26. The summed E-state index contributed by atoms with van der Waals surface area (Å²) in [6.07, 6.45) is 1.70. The second kappa shape index (κ2) is 6.96. The molecule has 0 radical (unpaired) electrons. The molecule has 1 amide bonds. The number of carbonyl (C=O) groups is 2. The Balaban J connectivity index is 1.70. The maximum atomic E-state index is 12.4. The molecule has 1 fully saturated rings. The highest BCUT2D eigenvalue weighted by atomic mass is 16.5. The number of aliphatic carboxylic acids is 1. The Bertz CT molecular complexity index is 772. The molecule has 1 aliphatic heterocycles. The molecule has 0 spiro atoms. The van der Waals surface area contributed by atoms with E-state index < -0.39 is 11.9 Å². The number of likely N-dealkylation sites (tertiary alicyclic amines) is 1. The maximum Gasteiger partial charge on any atom is 0.308 e. The topological polar surface area (TPSA) is 84.7 Å². The molecule has 7 heteroatoms. The van der Waals surface area contributed by atoms with Gasteiger partial charge in [-0.15, -0.1) is 0 Å².